The molecular formula is C27H36N2O5. The van der Waals surface area contributed by atoms with E-state index < -0.39 is 18.1 Å². The molecule has 2 amide bonds. The van der Waals surface area contributed by atoms with Gasteiger partial charge in [-0.1, -0.05) is 48.6 Å². The van der Waals surface area contributed by atoms with Crippen molar-refractivity contribution < 1.29 is 23.9 Å². The number of esters is 1. The highest BCUT2D eigenvalue weighted by atomic mass is 16.6. The third-order valence-corrected chi connectivity index (χ3v) is 6.93. The van der Waals surface area contributed by atoms with Crippen LogP contribution in [0.3, 0.4) is 0 Å². The molecule has 1 aromatic carbocycles. The lowest BCUT2D eigenvalue weighted by Gasteiger charge is -2.39. The zero-order valence-electron chi connectivity index (χ0n) is 20.4. The van der Waals surface area contributed by atoms with Crippen molar-refractivity contribution in [3.63, 3.8) is 0 Å². The summed E-state index contributed by atoms with van der Waals surface area (Å²) in [5.74, 6) is -0.452. The summed E-state index contributed by atoms with van der Waals surface area (Å²) in [7, 11) is 4.82. The van der Waals surface area contributed by atoms with Crippen LogP contribution in [0.1, 0.15) is 37.7 Å². The number of fused-ring (bicyclic) bond motifs is 1. The molecule has 1 fully saturated rings. The first-order valence-corrected chi connectivity index (χ1v) is 11.9. The molecule has 7 heteroatoms. The number of methoxy groups -OCH3 is 1. The first kappa shape index (κ1) is 25.5. The lowest BCUT2D eigenvalue weighted by atomic mass is 9.72. The average molecular weight is 469 g/mol. The van der Waals surface area contributed by atoms with Crippen LogP contribution >= 0.6 is 0 Å². The maximum Gasteiger partial charge on any atom is 0.411 e. The molecular weight excluding hydrogens is 432 g/mol. The number of carbonyl (C=O) groups excluding carboxylic acids is 3. The number of hydrogen-bond donors (Lipinski definition) is 0. The Labute approximate surface area is 202 Å². The fourth-order valence-electron chi connectivity index (χ4n) is 5.18. The van der Waals surface area contributed by atoms with Crippen LogP contribution in [0.25, 0.3) is 0 Å². The summed E-state index contributed by atoms with van der Waals surface area (Å²) in [6.45, 7) is 3.93. The molecule has 184 valence electrons. The van der Waals surface area contributed by atoms with Crippen LogP contribution < -0.4 is 0 Å². The SMILES string of the molecule is C=CCCC[C@@H]1C=C[C@H](CC(=O)N(C)C)[C@H]2C[C@@H](C(=O)OC)N(C(=O)OCc3ccccc3)[C@@H]21. The highest BCUT2D eigenvalue weighted by Crippen LogP contribution is 2.46. The van der Waals surface area contributed by atoms with Gasteiger partial charge in [-0.3, -0.25) is 9.69 Å². The first-order chi connectivity index (χ1) is 16.4. The number of allylic oxidation sites excluding steroid dienone is 2. The molecule has 0 unspecified atom stereocenters. The Bertz CT molecular complexity index is 898. The van der Waals surface area contributed by atoms with Gasteiger partial charge < -0.3 is 14.4 Å². The first-order valence-electron chi connectivity index (χ1n) is 11.9. The maximum atomic E-state index is 13.4. The molecule has 1 heterocycles. The molecule has 3 rings (SSSR count). The largest absolute Gasteiger partial charge is 0.467 e. The lowest BCUT2D eigenvalue weighted by molar-refractivity contribution is -0.146. The van der Waals surface area contributed by atoms with Gasteiger partial charge >= 0.3 is 12.1 Å². The zero-order valence-corrected chi connectivity index (χ0v) is 20.4. The number of hydrogen-bond acceptors (Lipinski definition) is 5. The molecule has 1 aliphatic carbocycles. The van der Waals surface area contributed by atoms with Crippen molar-refractivity contribution in [3.8, 4) is 0 Å². The number of likely N-dealkylation sites (tertiary alicyclic amines) is 1. The summed E-state index contributed by atoms with van der Waals surface area (Å²) < 4.78 is 10.8. The van der Waals surface area contributed by atoms with Gasteiger partial charge in [0.1, 0.15) is 12.6 Å². The van der Waals surface area contributed by atoms with Crippen LogP contribution in [0.5, 0.6) is 0 Å². The maximum absolute atomic E-state index is 13.4. The van der Waals surface area contributed by atoms with Gasteiger partial charge in [0, 0.05) is 26.6 Å². The number of benzene rings is 1. The fourth-order valence-corrected chi connectivity index (χ4v) is 5.18. The predicted molar refractivity (Wildman–Crippen MR) is 130 cm³/mol. The van der Waals surface area contributed by atoms with E-state index in [1.54, 1.807) is 23.9 Å². The Morgan fingerprint density at radius 3 is 2.50 bits per heavy atom. The van der Waals surface area contributed by atoms with Crippen molar-refractivity contribution in [2.75, 3.05) is 21.2 Å². The Kier molecular flexibility index (Phi) is 8.91. The molecule has 0 N–H and O–H groups in total. The van der Waals surface area contributed by atoms with Crippen molar-refractivity contribution >= 4 is 18.0 Å². The molecule has 0 bridgehead atoms. The highest BCUT2D eigenvalue weighted by molar-refractivity contribution is 5.83. The number of unbranched alkanes of at least 4 members (excludes halogenated alkanes) is 1. The minimum atomic E-state index is -0.734. The van der Waals surface area contributed by atoms with Crippen LogP contribution in [0, 0.1) is 17.8 Å². The molecule has 1 saturated heterocycles. The standard InChI is InChI=1S/C27H36N2O5/c1-5-6-8-13-20-14-15-21(16-24(30)28(2)3)22-17-23(26(31)33-4)29(25(20)22)27(32)34-18-19-11-9-7-10-12-19/h5,7,9-12,14-15,20-23,25H,1,6,8,13,16-18H2,2-4H3/t20-,21-,22-,23+,25-/m1/s1. The molecule has 2 aliphatic rings. The fraction of sp³-hybridized carbons (Fsp3) is 0.519. The van der Waals surface area contributed by atoms with E-state index in [0.29, 0.717) is 12.8 Å². The highest BCUT2D eigenvalue weighted by Gasteiger charge is 2.53. The molecule has 0 spiro atoms. The number of amides is 2. The Hall–Kier alpha value is -3.09. The average Bonchev–Trinajstić information content (AvgIpc) is 3.25. The van der Waals surface area contributed by atoms with Gasteiger partial charge in [0.2, 0.25) is 5.91 Å². The number of rotatable bonds is 9. The van der Waals surface area contributed by atoms with Crippen molar-refractivity contribution in [1.29, 1.82) is 0 Å². The minimum Gasteiger partial charge on any atom is -0.467 e. The van der Waals surface area contributed by atoms with Gasteiger partial charge in [-0.25, -0.2) is 9.59 Å². The van der Waals surface area contributed by atoms with Crippen LogP contribution in [-0.4, -0.2) is 61.1 Å². The predicted octanol–water partition coefficient (Wildman–Crippen LogP) is 4.19. The van der Waals surface area contributed by atoms with Crippen molar-refractivity contribution in [1.82, 2.24) is 9.80 Å². The van der Waals surface area contributed by atoms with E-state index in [0.717, 1.165) is 24.8 Å². The van der Waals surface area contributed by atoms with Gasteiger partial charge in [0.15, 0.2) is 0 Å². The summed E-state index contributed by atoms with van der Waals surface area (Å²) >= 11 is 0. The third kappa shape index (κ3) is 5.88. The Balaban J connectivity index is 1.89. The summed E-state index contributed by atoms with van der Waals surface area (Å²) in [6.07, 6.45) is 9.05. The van der Waals surface area contributed by atoms with E-state index in [-0.39, 0.29) is 36.3 Å². The summed E-state index contributed by atoms with van der Waals surface area (Å²) in [5.41, 5.74) is 0.877. The second-order valence-corrected chi connectivity index (χ2v) is 9.30. The lowest BCUT2D eigenvalue weighted by Crippen LogP contribution is -2.50. The van der Waals surface area contributed by atoms with Crippen LogP contribution in [0.15, 0.2) is 55.1 Å². The summed E-state index contributed by atoms with van der Waals surface area (Å²) in [4.78, 5) is 41.9. The monoisotopic (exact) mass is 468 g/mol. The van der Waals surface area contributed by atoms with Gasteiger partial charge in [0.05, 0.1) is 7.11 Å². The number of carbonyl (C=O) groups is 3. The molecule has 0 saturated carbocycles. The summed E-state index contributed by atoms with van der Waals surface area (Å²) in [5, 5.41) is 0. The number of nitrogens with zero attached hydrogens (tertiary/aromatic N) is 2. The second kappa shape index (κ2) is 11.9. The van der Waals surface area contributed by atoms with Gasteiger partial charge in [0.25, 0.3) is 0 Å². The molecule has 7 nitrogen and oxygen atoms in total. The van der Waals surface area contributed by atoms with E-state index in [4.69, 9.17) is 9.47 Å². The zero-order chi connectivity index (χ0) is 24.7. The molecule has 34 heavy (non-hydrogen) atoms. The van der Waals surface area contributed by atoms with Gasteiger partial charge in [-0.2, -0.15) is 0 Å². The van der Waals surface area contributed by atoms with E-state index >= 15 is 0 Å². The molecule has 1 aliphatic heterocycles. The molecule has 0 aromatic heterocycles. The second-order valence-electron chi connectivity index (χ2n) is 9.30. The van der Waals surface area contributed by atoms with Crippen LogP contribution in [-0.2, 0) is 25.7 Å². The third-order valence-electron chi connectivity index (χ3n) is 6.93. The minimum absolute atomic E-state index is 0.0261. The summed E-state index contributed by atoms with van der Waals surface area (Å²) in [6, 6.07) is 8.50. The van der Waals surface area contributed by atoms with Crippen molar-refractivity contribution in [2.45, 2.75) is 50.8 Å². The van der Waals surface area contributed by atoms with E-state index in [1.807, 2.05) is 36.4 Å². The molecule has 5 atom stereocenters. The van der Waals surface area contributed by atoms with Crippen LogP contribution in [0.4, 0.5) is 4.79 Å². The Morgan fingerprint density at radius 2 is 1.85 bits per heavy atom. The van der Waals surface area contributed by atoms with E-state index in [1.165, 1.54) is 7.11 Å². The van der Waals surface area contributed by atoms with Gasteiger partial charge in [-0.05, 0) is 49.0 Å². The quantitative estimate of drug-likeness (QED) is 0.309. The van der Waals surface area contributed by atoms with E-state index in [2.05, 4.69) is 18.7 Å². The molecule has 0 radical (unpaired) electrons. The topological polar surface area (TPSA) is 76.2 Å². The number of ether oxygens (including phenoxy) is 2. The van der Waals surface area contributed by atoms with Gasteiger partial charge in [-0.15, -0.1) is 6.58 Å². The normalized spacial score (nSPS) is 25.4. The molecule has 1 aromatic rings. The van der Waals surface area contributed by atoms with Crippen molar-refractivity contribution in [2.24, 2.45) is 17.8 Å². The van der Waals surface area contributed by atoms with Crippen LogP contribution in [0.2, 0.25) is 0 Å². The van der Waals surface area contributed by atoms with Crippen molar-refractivity contribution in [3.05, 3.63) is 60.7 Å². The van der Waals surface area contributed by atoms with E-state index in [9.17, 15) is 14.4 Å². The Morgan fingerprint density at radius 1 is 1.15 bits per heavy atom. The smallest absolute Gasteiger partial charge is 0.411 e.